The van der Waals surface area contributed by atoms with E-state index in [0.717, 1.165) is 11.1 Å². The summed E-state index contributed by atoms with van der Waals surface area (Å²) < 4.78 is 0. The van der Waals surface area contributed by atoms with Gasteiger partial charge in [0.2, 0.25) is 0 Å². The maximum Gasteiger partial charge on any atom is 0.105 e. The quantitative estimate of drug-likeness (QED) is 0.839. The molecule has 1 atom stereocenters. The van der Waals surface area contributed by atoms with Gasteiger partial charge in [-0.15, -0.1) is 0 Å². The molecule has 0 aromatic heterocycles. The standard InChI is InChI=1S/C16H14Cl2O/c1-10-3-5-12(6-4-10)11(2)16(19)14-8-7-13(17)9-15(14)18/h3-9,16,19H,2H2,1H3. The summed E-state index contributed by atoms with van der Waals surface area (Å²) in [7, 11) is 0. The fraction of sp³-hybridized carbons (Fsp3) is 0.125. The molecule has 0 aliphatic heterocycles. The van der Waals surface area contributed by atoms with Gasteiger partial charge in [0.25, 0.3) is 0 Å². The average molecular weight is 293 g/mol. The number of benzene rings is 2. The molecule has 0 spiro atoms. The zero-order valence-corrected chi connectivity index (χ0v) is 12.0. The summed E-state index contributed by atoms with van der Waals surface area (Å²) >= 11 is 11.9. The number of aliphatic hydroxyl groups excluding tert-OH is 1. The minimum Gasteiger partial charge on any atom is -0.384 e. The Morgan fingerprint density at radius 3 is 2.32 bits per heavy atom. The summed E-state index contributed by atoms with van der Waals surface area (Å²) in [6.45, 7) is 5.97. The monoisotopic (exact) mass is 292 g/mol. The summed E-state index contributed by atoms with van der Waals surface area (Å²) in [6.07, 6.45) is -0.840. The molecule has 1 N–H and O–H groups in total. The van der Waals surface area contributed by atoms with E-state index in [0.29, 0.717) is 21.2 Å². The van der Waals surface area contributed by atoms with Crippen molar-refractivity contribution in [1.29, 1.82) is 0 Å². The van der Waals surface area contributed by atoms with Gasteiger partial charge in [-0.05, 0) is 30.2 Å². The first-order valence-electron chi connectivity index (χ1n) is 5.88. The first kappa shape index (κ1) is 14.1. The highest BCUT2D eigenvalue weighted by atomic mass is 35.5. The fourth-order valence-electron chi connectivity index (χ4n) is 1.84. The van der Waals surface area contributed by atoms with Crippen molar-refractivity contribution in [2.24, 2.45) is 0 Å². The zero-order valence-electron chi connectivity index (χ0n) is 10.5. The number of rotatable bonds is 3. The van der Waals surface area contributed by atoms with Crippen LogP contribution in [0.3, 0.4) is 0 Å². The maximum atomic E-state index is 10.4. The van der Waals surface area contributed by atoms with E-state index in [9.17, 15) is 5.11 Å². The fourth-order valence-corrected chi connectivity index (χ4v) is 2.35. The van der Waals surface area contributed by atoms with Gasteiger partial charge in [0.1, 0.15) is 6.10 Å². The first-order chi connectivity index (χ1) is 8.99. The van der Waals surface area contributed by atoms with Crippen LogP contribution in [0.25, 0.3) is 5.57 Å². The molecule has 2 rings (SSSR count). The highest BCUT2D eigenvalue weighted by molar-refractivity contribution is 6.35. The molecule has 0 saturated carbocycles. The summed E-state index contributed by atoms with van der Waals surface area (Å²) in [4.78, 5) is 0. The van der Waals surface area contributed by atoms with Crippen molar-refractivity contribution in [3.05, 3.63) is 75.8 Å². The van der Waals surface area contributed by atoms with Crippen LogP contribution in [-0.4, -0.2) is 5.11 Å². The predicted molar refractivity (Wildman–Crippen MR) is 81.6 cm³/mol. The third-order valence-electron chi connectivity index (χ3n) is 3.01. The normalized spacial score (nSPS) is 12.2. The molecule has 1 unspecified atom stereocenters. The highest BCUT2D eigenvalue weighted by Crippen LogP contribution is 2.33. The molecule has 19 heavy (non-hydrogen) atoms. The lowest BCUT2D eigenvalue weighted by Gasteiger charge is -2.16. The van der Waals surface area contributed by atoms with E-state index in [1.165, 1.54) is 0 Å². The van der Waals surface area contributed by atoms with E-state index in [-0.39, 0.29) is 0 Å². The third kappa shape index (κ3) is 3.19. The number of aryl methyl sites for hydroxylation is 1. The third-order valence-corrected chi connectivity index (χ3v) is 3.57. The van der Waals surface area contributed by atoms with Crippen LogP contribution in [0.5, 0.6) is 0 Å². The van der Waals surface area contributed by atoms with Gasteiger partial charge in [-0.25, -0.2) is 0 Å². The van der Waals surface area contributed by atoms with E-state index >= 15 is 0 Å². The van der Waals surface area contributed by atoms with Crippen molar-refractivity contribution in [3.8, 4) is 0 Å². The van der Waals surface area contributed by atoms with Crippen LogP contribution in [0.15, 0.2) is 49.0 Å². The molecule has 0 saturated heterocycles. The SMILES string of the molecule is C=C(c1ccc(C)cc1)C(O)c1ccc(Cl)cc1Cl. The Bertz CT molecular complexity index is 603. The Kier molecular flexibility index (Phi) is 4.31. The molecule has 0 aliphatic carbocycles. The second-order valence-electron chi connectivity index (χ2n) is 4.46. The zero-order chi connectivity index (χ0) is 14.0. The van der Waals surface area contributed by atoms with Gasteiger partial charge in [-0.1, -0.05) is 65.7 Å². The smallest absolute Gasteiger partial charge is 0.105 e. The van der Waals surface area contributed by atoms with Crippen LogP contribution in [0.1, 0.15) is 22.8 Å². The highest BCUT2D eigenvalue weighted by Gasteiger charge is 2.16. The molecule has 2 aromatic rings. The molecule has 0 bridgehead atoms. The van der Waals surface area contributed by atoms with Crippen LogP contribution >= 0.6 is 23.2 Å². The van der Waals surface area contributed by atoms with Gasteiger partial charge in [0.15, 0.2) is 0 Å². The average Bonchev–Trinajstić information content (AvgIpc) is 2.38. The minimum absolute atomic E-state index is 0.438. The Labute approximate surface area is 123 Å². The second-order valence-corrected chi connectivity index (χ2v) is 5.30. The Morgan fingerprint density at radius 1 is 1.11 bits per heavy atom. The van der Waals surface area contributed by atoms with Crippen molar-refractivity contribution >= 4 is 28.8 Å². The van der Waals surface area contributed by atoms with Gasteiger partial charge >= 0.3 is 0 Å². The Morgan fingerprint density at radius 2 is 1.74 bits per heavy atom. The lowest BCUT2D eigenvalue weighted by Crippen LogP contribution is -2.01. The van der Waals surface area contributed by atoms with Crippen LogP contribution < -0.4 is 0 Å². The van der Waals surface area contributed by atoms with Crippen molar-refractivity contribution in [1.82, 2.24) is 0 Å². The molecule has 1 nitrogen and oxygen atoms in total. The number of hydrogen-bond acceptors (Lipinski definition) is 1. The van der Waals surface area contributed by atoms with Gasteiger partial charge in [0, 0.05) is 15.6 Å². The molecular weight excluding hydrogens is 279 g/mol. The first-order valence-corrected chi connectivity index (χ1v) is 6.63. The topological polar surface area (TPSA) is 20.2 Å². The number of aliphatic hydroxyl groups is 1. The molecule has 0 fully saturated rings. The Balaban J connectivity index is 2.30. The van der Waals surface area contributed by atoms with Crippen molar-refractivity contribution in [3.63, 3.8) is 0 Å². The van der Waals surface area contributed by atoms with Crippen LogP contribution in [0.2, 0.25) is 10.0 Å². The molecule has 2 aromatic carbocycles. The van der Waals surface area contributed by atoms with Crippen LogP contribution in [0, 0.1) is 6.92 Å². The summed E-state index contributed by atoms with van der Waals surface area (Å²) in [5, 5.41) is 11.3. The van der Waals surface area contributed by atoms with E-state index in [1.54, 1.807) is 18.2 Å². The van der Waals surface area contributed by atoms with E-state index in [4.69, 9.17) is 23.2 Å². The molecule has 0 aliphatic rings. The largest absolute Gasteiger partial charge is 0.384 e. The maximum absolute atomic E-state index is 10.4. The second kappa shape index (κ2) is 5.79. The van der Waals surface area contributed by atoms with Crippen LogP contribution in [0.4, 0.5) is 0 Å². The summed E-state index contributed by atoms with van der Waals surface area (Å²) in [6, 6.07) is 12.9. The summed E-state index contributed by atoms with van der Waals surface area (Å²) in [5.41, 5.74) is 3.28. The minimum atomic E-state index is -0.840. The molecule has 3 heteroatoms. The van der Waals surface area contributed by atoms with Crippen molar-refractivity contribution in [2.75, 3.05) is 0 Å². The predicted octanol–water partition coefficient (Wildman–Crippen LogP) is 5.05. The molecule has 0 heterocycles. The van der Waals surface area contributed by atoms with Crippen molar-refractivity contribution in [2.45, 2.75) is 13.0 Å². The van der Waals surface area contributed by atoms with Crippen LogP contribution in [-0.2, 0) is 0 Å². The van der Waals surface area contributed by atoms with Gasteiger partial charge in [-0.3, -0.25) is 0 Å². The molecule has 0 radical (unpaired) electrons. The number of halogens is 2. The van der Waals surface area contributed by atoms with E-state index in [2.05, 4.69) is 6.58 Å². The van der Waals surface area contributed by atoms with E-state index < -0.39 is 6.10 Å². The lowest BCUT2D eigenvalue weighted by atomic mass is 9.96. The lowest BCUT2D eigenvalue weighted by molar-refractivity contribution is 0.238. The summed E-state index contributed by atoms with van der Waals surface area (Å²) in [5.74, 6) is 0. The van der Waals surface area contributed by atoms with Gasteiger partial charge in [0.05, 0.1) is 0 Å². The molecule has 0 amide bonds. The van der Waals surface area contributed by atoms with Crippen molar-refractivity contribution < 1.29 is 5.11 Å². The molecule has 98 valence electrons. The molecular formula is C16H14Cl2O. The number of hydrogen-bond donors (Lipinski definition) is 1. The van der Waals surface area contributed by atoms with E-state index in [1.807, 2.05) is 31.2 Å². The Hall–Kier alpha value is -1.28. The van der Waals surface area contributed by atoms with Gasteiger partial charge in [-0.2, -0.15) is 0 Å². The van der Waals surface area contributed by atoms with Gasteiger partial charge < -0.3 is 5.11 Å².